The molecule has 1 fully saturated rings. The van der Waals surface area contributed by atoms with Gasteiger partial charge in [0.05, 0.1) is 4.88 Å². The van der Waals surface area contributed by atoms with Crippen molar-refractivity contribution in [3.63, 3.8) is 0 Å². The van der Waals surface area contributed by atoms with Crippen molar-refractivity contribution in [1.82, 2.24) is 4.98 Å². The lowest BCUT2D eigenvalue weighted by Gasteiger charge is -2.24. The van der Waals surface area contributed by atoms with Gasteiger partial charge >= 0.3 is 6.18 Å². The third-order valence-electron chi connectivity index (χ3n) is 3.56. The number of alkyl halides is 3. The van der Waals surface area contributed by atoms with E-state index in [2.05, 4.69) is 4.98 Å². The lowest BCUT2D eigenvalue weighted by atomic mass is 9.79. The molecule has 1 unspecified atom stereocenters. The van der Waals surface area contributed by atoms with Crippen LogP contribution in [0.3, 0.4) is 0 Å². The van der Waals surface area contributed by atoms with E-state index in [1.165, 1.54) is 0 Å². The summed E-state index contributed by atoms with van der Waals surface area (Å²) in [5, 5.41) is -0.943. The lowest BCUT2D eigenvalue weighted by molar-refractivity contribution is -0.137. The molecule has 2 rings (SSSR count). The molecule has 1 aliphatic rings. The van der Waals surface area contributed by atoms with Crippen molar-refractivity contribution in [1.29, 1.82) is 0 Å². The van der Waals surface area contributed by atoms with Gasteiger partial charge in [-0.1, -0.05) is 20.3 Å². The van der Waals surface area contributed by atoms with E-state index in [-0.39, 0.29) is 22.0 Å². The minimum atomic E-state index is -4.46. The number of hydrogen-bond donors (Lipinski definition) is 0. The Kier molecular flexibility index (Phi) is 3.25. The van der Waals surface area contributed by atoms with Crippen molar-refractivity contribution in [3.05, 3.63) is 16.1 Å². The van der Waals surface area contributed by atoms with Gasteiger partial charge in [-0.05, 0) is 18.3 Å². The molecule has 1 saturated carbocycles. The summed E-state index contributed by atoms with van der Waals surface area (Å²) in [5.74, 6) is -0.371. The number of Topliss-reactive ketones (excluding diaryl/α,β-unsaturated/α-hetero) is 1. The first kappa shape index (κ1) is 13.5. The van der Waals surface area contributed by atoms with Crippen molar-refractivity contribution in [2.45, 2.75) is 39.3 Å². The van der Waals surface area contributed by atoms with Crippen LogP contribution in [0.25, 0.3) is 0 Å². The van der Waals surface area contributed by atoms with Crippen LogP contribution in [0, 0.1) is 11.3 Å². The van der Waals surface area contributed by atoms with E-state index in [0.717, 1.165) is 25.5 Å². The summed E-state index contributed by atoms with van der Waals surface area (Å²) in [7, 11) is 0. The van der Waals surface area contributed by atoms with Crippen LogP contribution in [-0.4, -0.2) is 10.8 Å². The van der Waals surface area contributed by atoms with Gasteiger partial charge in [0.25, 0.3) is 0 Å². The SMILES string of the molecule is CC1(C)CCCC1C(=O)c1cnc(C(F)(F)F)s1. The molecule has 0 bridgehead atoms. The van der Waals surface area contributed by atoms with Crippen molar-refractivity contribution in [3.8, 4) is 0 Å². The van der Waals surface area contributed by atoms with Crippen molar-refractivity contribution >= 4 is 17.1 Å². The monoisotopic (exact) mass is 277 g/mol. The quantitative estimate of drug-likeness (QED) is 0.759. The molecule has 0 spiro atoms. The number of thiazole rings is 1. The van der Waals surface area contributed by atoms with Crippen LogP contribution in [0.4, 0.5) is 13.2 Å². The Bertz CT molecular complexity index is 464. The smallest absolute Gasteiger partial charge is 0.293 e. The molecule has 1 aromatic rings. The number of ketones is 1. The predicted octanol–water partition coefficient (Wildman–Crippen LogP) is 4.17. The summed E-state index contributed by atoms with van der Waals surface area (Å²) in [6.45, 7) is 3.99. The van der Waals surface area contributed by atoms with Gasteiger partial charge in [0.2, 0.25) is 0 Å². The molecule has 0 aliphatic heterocycles. The molecular weight excluding hydrogens is 263 g/mol. The zero-order chi connectivity index (χ0) is 13.6. The van der Waals surface area contributed by atoms with E-state index in [0.29, 0.717) is 11.3 Å². The Morgan fingerprint density at radius 1 is 1.50 bits per heavy atom. The Labute approximate surface area is 107 Å². The topological polar surface area (TPSA) is 30.0 Å². The predicted molar refractivity (Wildman–Crippen MR) is 62.6 cm³/mol. The van der Waals surface area contributed by atoms with Crippen LogP contribution >= 0.6 is 11.3 Å². The van der Waals surface area contributed by atoms with Gasteiger partial charge in [0.1, 0.15) is 0 Å². The maximum absolute atomic E-state index is 12.4. The molecule has 0 radical (unpaired) electrons. The highest BCUT2D eigenvalue weighted by atomic mass is 32.1. The number of rotatable bonds is 2. The number of halogens is 3. The fourth-order valence-electron chi connectivity index (χ4n) is 2.50. The third kappa shape index (κ3) is 2.43. The molecule has 0 saturated heterocycles. The summed E-state index contributed by atoms with van der Waals surface area (Å²) in [6.07, 6.45) is -0.758. The summed E-state index contributed by atoms with van der Waals surface area (Å²) in [4.78, 5) is 15.6. The summed E-state index contributed by atoms with van der Waals surface area (Å²) < 4.78 is 37.3. The van der Waals surface area contributed by atoms with Crippen LogP contribution in [0.5, 0.6) is 0 Å². The number of hydrogen-bond acceptors (Lipinski definition) is 3. The van der Waals surface area contributed by atoms with Gasteiger partial charge in [0.15, 0.2) is 10.8 Å². The molecule has 0 aromatic carbocycles. The standard InChI is InChI=1S/C12H14F3NOS/c1-11(2)5-3-4-7(11)9(17)8-6-16-10(18-8)12(13,14)15/h6-7H,3-5H2,1-2H3. The van der Waals surface area contributed by atoms with Gasteiger partial charge in [-0.25, -0.2) is 4.98 Å². The van der Waals surface area contributed by atoms with E-state index in [1.54, 1.807) is 0 Å². The highest BCUT2D eigenvalue weighted by Crippen LogP contribution is 2.45. The first-order valence-corrected chi connectivity index (χ1v) is 6.61. The molecule has 2 nitrogen and oxygen atoms in total. The summed E-state index contributed by atoms with van der Waals surface area (Å²) >= 11 is 0.450. The average Bonchev–Trinajstić information content (AvgIpc) is 2.81. The summed E-state index contributed by atoms with van der Waals surface area (Å²) in [5.41, 5.74) is -0.126. The van der Waals surface area contributed by atoms with Gasteiger partial charge in [0, 0.05) is 12.1 Å². The number of aromatic nitrogens is 1. The second-order valence-electron chi connectivity index (χ2n) is 5.33. The van der Waals surface area contributed by atoms with Gasteiger partial charge in [-0.3, -0.25) is 4.79 Å². The van der Waals surface area contributed by atoms with Crippen molar-refractivity contribution < 1.29 is 18.0 Å². The van der Waals surface area contributed by atoms with E-state index >= 15 is 0 Å². The van der Waals surface area contributed by atoms with Gasteiger partial charge in [-0.15, -0.1) is 11.3 Å². The first-order chi connectivity index (χ1) is 8.22. The van der Waals surface area contributed by atoms with E-state index in [9.17, 15) is 18.0 Å². The Morgan fingerprint density at radius 2 is 2.17 bits per heavy atom. The van der Waals surface area contributed by atoms with Gasteiger partial charge < -0.3 is 0 Å². The van der Waals surface area contributed by atoms with E-state index < -0.39 is 11.2 Å². The lowest BCUT2D eigenvalue weighted by Crippen LogP contribution is -2.25. The minimum absolute atomic E-state index is 0.126. The van der Waals surface area contributed by atoms with Crippen LogP contribution in [0.1, 0.15) is 47.8 Å². The Hall–Kier alpha value is -0.910. The molecule has 1 aliphatic carbocycles. The van der Waals surface area contributed by atoms with Crippen LogP contribution < -0.4 is 0 Å². The maximum atomic E-state index is 12.4. The normalized spacial score (nSPS) is 23.3. The van der Waals surface area contributed by atoms with E-state index in [4.69, 9.17) is 0 Å². The molecule has 18 heavy (non-hydrogen) atoms. The molecule has 0 N–H and O–H groups in total. The fraction of sp³-hybridized carbons (Fsp3) is 0.667. The first-order valence-electron chi connectivity index (χ1n) is 5.79. The molecule has 100 valence electrons. The van der Waals surface area contributed by atoms with E-state index in [1.807, 2.05) is 13.8 Å². The zero-order valence-corrected chi connectivity index (χ0v) is 11.0. The Morgan fingerprint density at radius 3 is 2.61 bits per heavy atom. The van der Waals surface area contributed by atoms with Crippen molar-refractivity contribution in [2.24, 2.45) is 11.3 Å². The van der Waals surface area contributed by atoms with Gasteiger partial charge in [-0.2, -0.15) is 13.2 Å². The average molecular weight is 277 g/mol. The molecule has 1 aromatic heterocycles. The van der Waals surface area contributed by atoms with Crippen LogP contribution in [0.15, 0.2) is 6.20 Å². The highest BCUT2D eigenvalue weighted by molar-refractivity contribution is 7.13. The second-order valence-corrected chi connectivity index (χ2v) is 6.36. The third-order valence-corrected chi connectivity index (χ3v) is 4.62. The molecule has 1 heterocycles. The number of carbonyl (C=O) groups excluding carboxylic acids is 1. The highest BCUT2D eigenvalue weighted by Gasteiger charge is 2.41. The summed E-state index contributed by atoms with van der Waals surface area (Å²) in [6, 6.07) is 0. The molecular formula is C12H14F3NOS. The van der Waals surface area contributed by atoms with Crippen LogP contribution in [-0.2, 0) is 6.18 Å². The van der Waals surface area contributed by atoms with Crippen molar-refractivity contribution in [2.75, 3.05) is 0 Å². The Balaban J connectivity index is 2.22. The largest absolute Gasteiger partial charge is 0.443 e. The van der Waals surface area contributed by atoms with Crippen LogP contribution in [0.2, 0.25) is 0 Å². The molecule has 0 amide bonds. The molecule has 6 heteroatoms. The number of nitrogens with zero attached hydrogens (tertiary/aromatic N) is 1. The maximum Gasteiger partial charge on any atom is 0.443 e. The fourth-order valence-corrected chi connectivity index (χ4v) is 3.28. The zero-order valence-electron chi connectivity index (χ0n) is 10.2. The second kappa shape index (κ2) is 4.33. The molecule has 1 atom stereocenters. The number of carbonyl (C=O) groups is 1. The minimum Gasteiger partial charge on any atom is -0.293 e.